The Morgan fingerprint density at radius 1 is 1.12 bits per heavy atom. The molecule has 84 valence electrons. The summed E-state index contributed by atoms with van der Waals surface area (Å²) < 4.78 is 0. The van der Waals surface area contributed by atoms with Crippen LogP contribution in [0.2, 0.25) is 0 Å². The SMILES string of the molecule is c1cncc(CSc2nc3ccccc3[nH]2)c1. The van der Waals surface area contributed by atoms with E-state index in [4.69, 9.17) is 0 Å². The number of aromatic amines is 1. The van der Waals surface area contributed by atoms with Crippen molar-refractivity contribution in [2.24, 2.45) is 0 Å². The monoisotopic (exact) mass is 241 g/mol. The molecule has 0 saturated carbocycles. The lowest BCUT2D eigenvalue weighted by atomic mass is 10.3. The number of pyridine rings is 1. The van der Waals surface area contributed by atoms with E-state index < -0.39 is 0 Å². The number of fused-ring (bicyclic) bond motifs is 1. The highest BCUT2D eigenvalue weighted by Gasteiger charge is 2.02. The Morgan fingerprint density at radius 3 is 2.88 bits per heavy atom. The molecule has 1 aromatic carbocycles. The number of nitrogens with zero attached hydrogens (tertiary/aromatic N) is 2. The minimum atomic E-state index is 0.883. The highest BCUT2D eigenvalue weighted by atomic mass is 32.2. The number of thioether (sulfide) groups is 1. The average Bonchev–Trinajstić information content (AvgIpc) is 2.80. The zero-order chi connectivity index (χ0) is 11.5. The van der Waals surface area contributed by atoms with Gasteiger partial charge in [0.15, 0.2) is 5.16 Å². The topological polar surface area (TPSA) is 41.6 Å². The van der Waals surface area contributed by atoms with Crippen LogP contribution in [0.5, 0.6) is 0 Å². The quantitative estimate of drug-likeness (QED) is 0.716. The van der Waals surface area contributed by atoms with E-state index in [1.165, 1.54) is 5.56 Å². The van der Waals surface area contributed by atoms with Gasteiger partial charge < -0.3 is 4.98 Å². The van der Waals surface area contributed by atoms with Crippen molar-refractivity contribution in [1.29, 1.82) is 0 Å². The molecular weight excluding hydrogens is 230 g/mol. The van der Waals surface area contributed by atoms with E-state index in [-0.39, 0.29) is 0 Å². The van der Waals surface area contributed by atoms with Crippen LogP contribution in [0, 0.1) is 0 Å². The fraction of sp³-hybridized carbons (Fsp3) is 0.0769. The summed E-state index contributed by atoms with van der Waals surface area (Å²) in [5.74, 6) is 0.883. The first-order valence-electron chi connectivity index (χ1n) is 5.38. The zero-order valence-electron chi connectivity index (χ0n) is 9.13. The molecule has 0 unspecified atom stereocenters. The predicted octanol–water partition coefficient (Wildman–Crippen LogP) is 3.25. The third kappa shape index (κ3) is 2.31. The van der Waals surface area contributed by atoms with Crippen LogP contribution >= 0.6 is 11.8 Å². The molecule has 0 radical (unpaired) electrons. The Balaban J connectivity index is 1.77. The Labute approximate surface area is 103 Å². The molecule has 0 aliphatic rings. The van der Waals surface area contributed by atoms with Gasteiger partial charge in [0.05, 0.1) is 11.0 Å². The maximum Gasteiger partial charge on any atom is 0.166 e. The Hall–Kier alpha value is -1.81. The molecule has 0 fully saturated rings. The molecule has 1 N–H and O–H groups in total. The van der Waals surface area contributed by atoms with Gasteiger partial charge in [0.1, 0.15) is 0 Å². The van der Waals surface area contributed by atoms with Crippen LogP contribution in [-0.2, 0) is 5.75 Å². The zero-order valence-corrected chi connectivity index (χ0v) is 9.95. The molecule has 2 heterocycles. The van der Waals surface area contributed by atoms with Crippen LogP contribution in [0.1, 0.15) is 5.56 Å². The van der Waals surface area contributed by atoms with Crippen LogP contribution in [0.3, 0.4) is 0 Å². The fourth-order valence-electron chi connectivity index (χ4n) is 1.63. The fourth-order valence-corrected chi connectivity index (χ4v) is 2.45. The van der Waals surface area contributed by atoms with Crippen molar-refractivity contribution in [1.82, 2.24) is 15.0 Å². The summed E-state index contributed by atoms with van der Waals surface area (Å²) in [6.07, 6.45) is 3.67. The highest BCUT2D eigenvalue weighted by Crippen LogP contribution is 2.22. The van der Waals surface area contributed by atoms with Gasteiger partial charge in [-0.05, 0) is 23.8 Å². The Bertz CT molecular complexity index is 586. The van der Waals surface area contributed by atoms with Crippen LogP contribution in [-0.4, -0.2) is 15.0 Å². The van der Waals surface area contributed by atoms with Gasteiger partial charge >= 0.3 is 0 Å². The molecule has 3 rings (SSSR count). The lowest BCUT2D eigenvalue weighted by Gasteiger charge is -1.96. The summed E-state index contributed by atoms with van der Waals surface area (Å²) in [4.78, 5) is 11.9. The van der Waals surface area contributed by atoms with E-state index in [0.717, 1.165) is 21.9 Å². The number of rotatable bonds is 3. The number of hydrogen-bond acceptors (Lipinski definition) is 3. The number of hydrogen-bond donors (Lipinski definition) is 1. The molecule has 17 heavy (non-hydrogen) atoms. The van der Waals surface area contributed by atoms with Gasteiger partial charge in [-0.3, -0.25) is 4.98 Å². The molecule has 4 heteroatoms. The lowest BCUT2D eigenvalue weighted by Crippen LogP contribution is -1.82. The number of H-pyrrole nitrogens is 1. The van der Waals surface area contributed by atoms with Gasteiger partial charge in [-0.25, -0.2) is 4.98 Å². The first kappa shape index (κ1) is 10.4. The first-order valence-corrected chi connectivity index (χ1v) is 6.37. The summed E-state index contributed by atoms with van der Waals surface area (Å²) in [7, 11) is 0. The van der Waals surface area contributed by atoms with Gasteiger partial charge in [0.25, 0.3) is 0 Å². The summed E-state index contributed by atoms with van der Waals surface area (Å²) in [5, 5.41) is 0.954. The van der Waals surface area contributed by atoms with Crippen molar-refractivity contribution < 1.29 is 0 Å². The normalized spacial score (nSPS) is 10.8. The molecule has 2 aromatic heterocycles. The highest BCUT2D eigenvalue weighted by molar-refractivity contribution is 7.98. The first-order chi connectivity index (χ1) is 8.42. The summed E-state index contributed by atoms with van der Waals surface area (Å²) in [5.41, 5.74) is 3.31. The van der Waals surface area contributed by atoms with E-state index in [2.05, 4.69) is 21.0 Å². The molecule has 0 atom stereocenters. The number of para-hydroxylation sites is 2. The second kappa shape index (κ2) is 4.59. The third-order valence-corrected chi connectivity index (χ3v) is 3.41. The molecule has 0 amide bonds. The minimum absolute atomic E-state index is 0.883. The number of imidazole rings is 1. The lowest BCUT2D eigenvalue weighted by molar-refractivity contribution is 1.08. The van der Waals surface area contributed by atoms with Crippen LogP contribution in [0.4, 0.5) is 0 Å². The van der Waals surface area contributed by atoms with Crippen molar-refractivity contribution in [3.8, 4) is 0 Å². The molecule has 0 bridgehead atoms. The minimum Gasteiger partial charge on any atom is -0.333 e. The van der Waals surface area contributed by atoms with Crippen molar-refractivity contribution in [2.45, 2.75) is 10.9 Å². The maximum atomic E-state index is 4.51. The third-order valence-electron chi connectivity index (χ3n) is 2.47. The standard InChI is InChI=1S/C13H11N3S/c1-2-6-12-11(5-1)15-13(16-12)17-9-10-4-3-7-14-8-10/h1-8H,9H2,(H,15,16). The van der Waals surface area contributed by atoms with Gasteiger partial charge in [-0.15, -0.1) is 0 Å². The Kier molecular flexibility index (Phi) is 2.80. The largest absolute Gasteiger partial charge is 0.333 e. The van der Waals surface area contributed by atoms with Gasteiger partial charge in [-0.1, -0.05) is 30.0 Å². The van der Waals surface area contributed by atoms with Crippen molar-refractivity contribution in [2.75, 3.05) is 0 Å². The van der Waals surface area contributed by atoms with E-state index in [1.807, 2.05) is 36.5 Å². The molecule has 0 aliphatic heterocycles. The molecule has 0 aliphatic carbocycles. The van der Waals surface area contributed by atoms with E-state index in [9.17, 15) is 0 Å². The van der Waals surface area contributed by atoms with Crippen molar-refractivity contribution in [3.63, 3.8) is 0 Å². The van der Waals surface area contributed by atoms with Crippen LogP contribution in [0.15, 0.2) is 53.9 Å². The second-order valence-electron chi connectivity index (χ2n) is 3.71. The van der Waals surface area contributed by atoms with Gasteiger partial charge in [0, 0.05) is 18.1 Å². The van der Waals surface area contributed by atoms with Crippen molar-refractivity contribution in [3.05, 3.63) is 54.4 Å². The molecular formula is C13H11N3S. The second-order valence-corrected chi connectivity index (χ2v) is 4.67. The number of aromatic nitrogens is 3. The van der Waals surface area contributed by atoms with E-state index in [1.54, 1.807) is 18.0 Å². The number of benzene rings is 1. The van der Waals surface area contributed by atoms with E-state index >= 15 is 0 Å². The summed E-state index contributed by atoms with van der Waals surface area (Å²) >= 11 is 1.69. The molecule has 0 saturated heterocycles. The van der Waals surface area contributed by atoms with Crippen LogP contribution < -0.4 is 0 Å². The smallest absolute Gasteiger partial charge is 0.166 e. The average molecular weight is 241 g/mol. The molecule has 0 spiro atoms. The van der Waals surface area contributed by atoms with Crippen molar-refractivity contribution >= 4 is 22.8 Å². The van der Waals surface area contributed by atoms with E-state index in [0.29, 0.717) is 0 Å². The van der Waals surface area contributed by atoms with Crippen LogP contribution in [0.25, 0.3) is 11.0 Å². The van der Waals surface area contributed by atoms with Gasteiger partial charge in [0.2, 0.25) is 0 Å². The summed E-state index contributed by atoms with van der Waals surface area (Å²) in [6.45, 7) is 0. The maximum absolute atomic E-state index is 4.51. The summed E-state index contributed by atoms with van der Waals surface area (Å²) in [6, 6.07) is 12.1. The molecule has 3 nitrogen and oxygen atoms in total. The number of nitrogens with one attached hydrogen (secondary N) is 1. The molecule has 3 aromatic rings. The predicted molar refractivity (Wildman–Crippen MR) is 69.9 cm³/mol. The Morgan fingerprint density at radius 2 is 2.06 bits per heavy atom. The van der Waals surface area contributed by atoms with Gasteiger partial charge in [-0.2, -0.15) is 0 Å².